The number of hydrogen-bond donors (Lipinski definition) is 1. The Kier molecular flexibility index (Phi) is 5.63. The Balaban J connectivity index is 1.25. The number of halogens is 1. The van der Waals surface area contributed by atoms with Crippen LogP contribution in [-0.4, -0.2) is 53.1 Å². The summed E-state index contributed by atoms with van der Waals surface area (Å²) in [4.78, 5) is 25.1. The molecule has 184 valence electrons. The fraction of sp³-hybridized carbons (Fsp3) is 0.310. The number of pyridine rings is 1. The molecule has 2 aromatic heterocycles. The summed E-state index contributed by atoms with van der Waals surface area (Å²) in [6, 6.07) is 15.6. The maximum absolute atomic E-state index is 15.1. The van der Waals surface area contributed by atoms with Crippen LogP contribution in [0.1, 0.15) is 34.5 Å². The molecule has 7 heteroatoms. The van der Waals surface area contributed by atoms with Crippen molar-refractivity contribution in [2.75, 3.05) is 31.1 Å². The second-order valence-corrected chi connectivity index (χ2v) is 9.76. The van der Waals surface area contributed by atoms with Crippen molar-refractivity contribution in [1.82, 2.24) is 14.9 Å². The van der Waals surface area contributed by atoms with E-state index in [9.17, 15) is 4.79 Å². The lowest BCUT2D eigenvalue weighted by molar-refractivity contribution is 0.0741. The van der Waals surface area contributed by atoms with Gasteiger partial charge in [-0.05, 0) is 73.2 Å². The van der Waals surface area contributed by atoms with E-state index in [-0.39, 0.29) is 11.7 Å². The summed E-state index contributed by atoms with van der Waals surface area (Å²) in [5, 5.41) is 0.727. The summed E-state index contributed by atoms with van der Waals surface area (Å²) in [5.41, 5.74) is 4.42. The van der Waals surface area contributed by atoms with Crippen LogP contribution < -0.4 is 9.64 Å². The number of fused-ring (bicyclic) bond motifs is 1. The van der Waals surface area contributed by atoms with E-state index in [1.54, 1.807) is 19.2 Å². The number of carbonyl (C=O) groups is 1. The van der Waals surface area contributed by atoms with Gasteiger partial charge < -0.3 is 19.5 Å². The van der Waals surface area contributed by atoms with Crippen LogP contribution >= 0.6 is 0 Å². The van der Waals surface area contributed by atoms with Gasteiger partial charge in [-0.25, -0.2) is 9.37 Å². The van der Waals surface area contributed by atoms with Crippen LogP contribution in [-0.2, 0) is 0 Å². The second kappa shape index (κ2) is 8.97. The number of hydrogen-bond acceptors (Lipinski definition) is 4. The summed E-state index contributed by atoms with van der Waals surface area (Å²) < 4.78 is 21.1. The molecule has 1 saturated carbocycles. The van der Waals surface area contributed by atoms with E-state index in [1.807, 2.05) is 54.3 Å². The summed E-state index contributed by atoms with van der Waals surface area (Å²) in [7, 11) is 0. The maximum atomic E-state index is 15.1. The van der Waals surface area contributed by atoms with E-state index >= 15 is 4.39 Å². The highest BCUT2D eigenvalue weighted by molar-refractivity contribution is 6.03. The highest BCUT2D eigenvalue weighted by atomic mass is 19.1. The number of aromatic nitrogens is 2. The zero-order valence-corrected chi connectivity index (χ0v) is 20.6. The number of carbonyl (C=O) groups excluding carboxylic acids is 1. The number of aryl methyl sites for hydroxylation is 2. The van der Waals surface area contributed by atoms with Crippen LogP contribution in [0, 0.1) is 19.7 Å². The molecule has 1 aliphatic heterocycles. The molecule has 2 fully saturated rings. The zero-order valence-electron chi connectivity index (χ0n) is 20.6. The highest BCUT2D eigenvalue weighted by Gasteiger charge is 2.29. The normalized spacial score (nSPS) is 16.0. The molecule has 4 aromatic rings. The molecule has 0 spiro atoms. The lowest BCUT2D eigenvalue weighted by Crippen LogP contribution is -2.49. The molecule has 0 radical (unpaired) electrons. The smallest absolute Gasteiger partial charge is 0.270 e. The minimum Gasteiger partial charge on any atom is -0.487 e. The summed E-state index contributed by atoms with van der Waals surface area (Å²) in [5.74, 6) is 1.21. The number of ether oxygens (including phenoxy) is 1. The molecule has 36 heavy (non-hydrogen) atoms. The average molecular weight is 485 g/mol. The first-order valence-electron chi connectivity index (χ1n) is 12.5. The molecule has 0 atom stereocenters. The van der Waals surface area contributed by atoms with E-state index < -0.39 is 0 Å². The number of rotatable bonds is 5. The highest BCUT2D eigenvalue weighted by Crippen LogP contribution is 2.35. The van der Waals surface area contributed by atoms with Gasteiger partial charge in [-0.3, -0.25) is 4.79 Å². The Morgan fingerprint density at radius 2 is 1.78 bits per heavy atom. The topological polar surface area (TPSA) is 61.5 Å². The molecule has 2 aromatic carbocycles. The number of nitrogens with one attached hydrogen (secondary N) is 1. The zero-order chi connectivity index (χ0) is 24.8. The van der Waals surface area contributed by atoms with E-state index in [0.29, 0.717) is 49.1 Å². The Bertz CT molecular complexity index is 1450. The third-order valence-electron chi connectivity index (χ3n) is 7.14. The van der Waals surface area contributed by atoms with Crippen molar-refractivity contribution in [3.63, 3.8) is 0 Å². The number of amides is 1. The molecule has 6 rings (SSSR count). The lowest BCUT2D eigenvalue weighted by atomic mass is 9.95. The van der Waals surface area contributed by atoms with Gasteiger partial charge in [-0.1, -0.05) is 24.3 Å². The van der Waals surface area contributed by atoms with Gasteiger partial charge in [-0.2, -0.15) is 0 Å². The van der Waals surface area contributed by atoms with E-state index in [2.05, 4.69) is 14.9 Å². The summed E-state index contributed by atoms with van der Waals surface area (Å²) >= 11 is 0. The van der Waals surface area contributed by atoms with Crippen molar-refractivity contribution in [3.05, 3.63) is 77.4 Å². The van der Waals surface area contributed by atoms with Gasteiger partial charge in [0.2, 0.25) is 0 Å². The monoisotopic (exact) mass is 484 g/mol. The van der Waals surface area contributed by atoms with Crippen molar-refractivity contribution in [2.45, 2.75) is 32.8 Å². The van der Waals surface area contributed by atoms with Gasteiger partial charge in [0.05, 0.1) is 11.6 Å². The number of anilines is 1. The third-order valence-corrected chi connectivity index (χ3v) is 7.14. The number of benzene rings is 2. The molecule has 3 heterocycles. The van der Waals surface area contributed by atoms with Gasteiger partial charge in [0.25, 0.3) is 5.91 Å². The molecular formula is C29H29FN4O2. The molecular weight excluding hydrogens is 455 g/mol. The average Bonchev–Trinajstić information content (AvgIpc) is 3.60. The van der Waals surface area contributed by atoms with Crippen LogP contribution in [0.4, 0.5) is 10.2 Å². The molecule has 1 saturated heterocycles. The molecule has 0 unspecified atom stereocenters. The van der Waals surface area contributed by atoms with Crippen LogP contribution in [0.3, 0.4) is 0 Å². The fourth-order valence-corrected chi connectivity index (χ4v) is 4.98. The quantitative estimate of drug-likeness (QED) is 0.407. The first-order valence-corrected chi connectivity index (χ1v) is 12.5. The lowest BCUT2D eigenvalue weighted by Gasteiger charge is -2.35. The van der Waals surface area contributed by atoms with Gasteiger partial charge in [-0.15, -0.1) is 0 Å². The third kappa shape index (κ3) is 4.08. The number of piperazine rings is 1. The fourth-order valence-electron chi connectivity index (χ4n) is 4.98. The standard InChI is InChI=1S/C29H29FN4O2/c1-18-6-3-4-7-21(18)22-16-19(2)26(30)27-23(22)17-24(32-27)29(35)34-14-12-33(13-15-34)28-25(8-5-11-31-28)36-20-9-10-20/h3-8,11,16-17,20,32H,9-10,12-15H2,1-2H3. The van der Waals surface area contributed by atoms with Gasteiger partial charge in [0.15, 0.2) is 11.6 Å². The van der Waals surface area contributed by atoms with E-state index in [0.717, 1.165) is 46.5 Å². The van der Waals surface area contributed by atoms with Crippen LogP contribution in [0.25, 0.3) is 22.0 Å². The van der Waals surface area contributed by atoms with Crippen molar-refractivity contribution in [3.8, 4) is 16.9 Å². The molecule has 2 aliphatic rings. The predicted octanol–water partition coefficient (Wildman–Crippen LogP) is 5.49. The largest absolute Gasteiger partial charge is 0.487 e. The maximum Gasteiger partial charge on any atom is 0.270 e. The van der Waals surface area contributed by atoms with Crippen molar-refractivity contribution in [1.29, 1.82) is 0 Å². The Labute approximate surface area is 209 Å². The Morgan fingerprint density at radius 3 is 2.53 bits per heavy atom. The van der Waals surface area contributed by atoms with E-state index in [4.69, 9.17) is 4.74 Å². The minimum atomic E-state index is -0.315. The van der Waals surface area contributed by atoms with Crippen molar-refractivity contribution >= 4 is 22.6 Å². The van der Waals surface area contributed by atoms with Crippen LogP contribution in [0.15, 0.2) is 54.7 Å². The molecule has 1 amide bonds. The van der Waals surface area contributed by atoms with Gasteiger partial charge >= 0.3 is 0 Å². The van der Waals surface area contributed by atoms with Gasteiger partial charge in [0.1, 0.15) is 11.5 Å². The number of aromatic amines is 1. The first kappa shape index (κ1) is 22.6. The van der Waals surface area contributed by atoms with Crippen LogP contribution in [0.5, 0.6) is 5.75 Å². The van der Waals surface area contributed by atoms with E-state index in [1.165, 1.54) is 0 Å². The Hall–Kier alpha value is -3.87. The molecule has 0 bridgehead atoms. The predicted molar refractivity (Wildman–Crippen MR) is 139 cm³/mol. The molecule has 1 N–H and O–H groups in total. The SMILES string of the molecule is Cc1ccccc1-c1cc(C)c(F)c2[nH]c(C(=O)N3CCN(c4ncccc4OC4CC4)CC3)cc12. The molecule has 1 aliphatic carbocycles. The second-order valence-electron chi connectivity index (χ2n) is 9.76. The summed E-state index contributed by atoms with van der Waals surface area (Å²) in [6.07, 6.45) is 4.26. The van der Waals surface area contributed by atoms with Crippen molar-refractivity contribution in [2.24, 2.45) is 0 Å². The minimum absolute atomic E-state index is 0.117. The number of nitrogens with zero attached hydrogens (tertiary/aromatic N) is 3. The number of H-pyrrole nitrogens is 1. The summed E-state index contributed by atoms with van der Waals surface area (Å²) in [6.45, 7) is 6.23. The first-order chi connectivity index (χ1) is 17.5. The van der Waals surface area contributed by atoms with Crippen LogP contribution in [0.2, 0.25) is 0 Å². The van der Waals surface area contributed by atoms with Gasteiger partial charge in [0, 0.05) is 37.8 Å². The van der Waals surface area contributed by atoms with Crippen molar-refractivity contribution < 1.29 is 13.9 Å². The molecule has 6 nitrogen and oxygen atoms in total. The Morgan fingerprint density at radius 1 is 1.00 bits per heavy atom.